The number of hydrogen-bond acceptors (Lipinski definition) is 6. The third kappa shape index (κ3) is 5.49. The molecule has 3 N–H and O–H groups in total. The average molecular weight is 416 g/mol. The normalized spacial score (nSPS) is 12.7. The first-order valence-corrected chi connectivity index (χ1v) is 9.72. The number of carbonyl (C=O) groups is 1. The Bertz CT molecular complexity index is 930. The molecular weight excluding hydrogens is 398 g/mol. The number of nitro benzene ring substituents is 1. The van der Waals surface area contributed by atoms with E-state index < -0.39 is 37.5 Å². The zero-order valence-corrected chi connectivity index (χ0v) is 16.0. The molecule has 146 valence electrons. The second kappa shape index (κ2) is 8.46. The predicted molar refractivity (Wildman–Crippen MR) is 98.9 cm³/mol. The molecule has 1 atom stereocenters. The zero-order chi connectivity index (χ0) is 20.2. The minimum Gasteiger partial charge on any atom is -0.310 e. The van der Waals surface area contributed by atoms with Gasteiger partial charge in [-0.3, -0.25) is 20.0 Å². The molecule has 0 aliphatic carbocycles. The molecule has 27 heavy (non-hydrogen) atoms. The summed E-state index contributed by atoms with van der Waals surface area (Å²) < 4.78 is 27.7. The van der Waals surface area contributed by atoms with Crippen LogP contribution < -0.4 is 10.0 Å². The number of H-pyrrole nitrogens is 1. The summed E-state index contributed by atoms with van der Waals surface area (Å²) in [6.45, 7) is 3.63. The number of anilines is 1. The molecule has 0 saturated carbocycles. The summed E-state index contributed by atoms with van der Waals surface area (Å²) in [4.78, 5) is 22.3. The number of nitrogens with one attached hydrogen (secondary N) is 3. The number of aromatic amines is 1. The van der Waals surface area contributed by atoms with E-state index in [0.29, 0.717) is 5.82 Å². The molecule has 0 fully saturated rings. The fourth-order valence-corrected chi connectivity index (χ4v) is 3.86. The number of hydrogen-bond donors (Lipinski definition) is 3. The van der Waals surface area contributed by atoms with Crippen LogP contribution in [0.2, 0.25) is 5.02 Å². The Labute approximate surface area is 160 Å². The Balaban J connectivity index is 2.33. The summed E-state index contributed by atoms with van der Waals surface area (Å²) >= 11 is 5.72. The van der Waals surface area contributed by atoms with Crippen LogP contribution in [0.5, 0.6) is 0 Å². The van der Waals surface area contributed by atoms with Crippen molar-refractivity contribution in [1.82, 2.24) is 14.9 Å². The molecule has 0 saturated heterocycles. The maximum atomic E-state index is 12.7. The van der Waals surface area contributed by atoms with E-state index in [1.54, 1.807) is 0 Å². The van der Waals surface area contributed by atoms with E-state index in [4.69, 9.17) is 11.6 Å². The quantitative estimate of drug-likeness (QED) is 0.445. The molecule has 0 bridgehead atoms. The fraction of sp³-hybridized carbons (Fsp3) is 0.333. The van der Waals surface area contributed by atoms with Crippen LogP contribution in [0.4, 0.5) is 11.5 Å². The maximum absolute atomic E-state index is 12.7. The number of rotatable bonds is 8. The Morgan fingerprint density at radius 3 is 2.63 bits per heavy atom. The van der Waals surface area contributed by atoms with Crippen LogP contribution in [0.25, 0.3) is 0 Å². The van der Waals surface area contributed by atoms with Gasteiger partial charge in [-0.05, 0) is 24.5 Å². The largest absolute Gasteiger partial charge is 0.310 e. The summed E-state index contributed by atoms with van der Waals surface area (Å²) in [6, 6.07) is 3.56. The van der Waals surface area contributed by atoms with Crippen molar-refractivity contribution in [2.24, 2.45) is 5.92 Å². The first kappa shape index (κ1) is 20.8. The molecule has 0 spiro atoms. The second-order valence-electron chi connectivity index (χ2n) is 6.13. The van der Waals surface area contributed by atoms with E-state index in [1.165, 1.54) is 18.3 Å². The van der Waals surface area contributed by atoms with E-state index in [1.807, 2.05) is 13.8 Å². The van der Waals surface area contributed by atoms with E-state index >= 15 is 0 Å². The number of carbonyl (C=O) groups excluding carboxylic acids is 1. The summed E-state index contributed by atoms with van der Waals surface area (Å²) in [5, 5.41) is 20.0. The van der Waals surface area contributed by atoms with E-state index in [2.05, 4.69) is 20.2 Å². The van der Waals surface area contributed by atoms with Crippen LogP contribution in [0.3, 0.4) is 0 Å². The first-order chi connectivity index (χ1) is 12.6. The SMILES string of the molecule is CC(C)CC(NS(=O)(=O)c1ccc(Cl)cc1[N+](=O)[O-])C(=O)Nc1ccn[nH]1. The molecular formula is C15H18ClN5O5S. The van der Waals surface area contributed by atoms with Gasteiger partial charge in [-0.15, -0.1) is 0 Å². The molecule has 1 aromatic heterocycles. The molecule has 0 radical (unpaired) electrons. The molecule has 1 heterocycles. The third-order valence-electron chi connectivity index (χ3n) is 3.49. The lowest BCUT2D eigenvalue weighted by Gasteiger charge is -2.19. The zero-order valence-electron chi connectivity index (χ0n) is 14.5. The minimum atomic E-state index is -4.36. The molecule has 1 amide bonds. The summed E-state index contributed by atoms with van der Waals surface area (Å²) in [7, 11) is -4.36. The van der Waals surface area contributed by atoms with Gasteiger partial charge in [0.15, 0.2) is 4.90 Å². The van der Waals surface area contributed by atoms with Gasteiger partial charge in [0, 0.05) is 17.2 Å². The van der Waals surface area contributed by atoms with Crippen molar-refractivity contribution in [1.29, 1.82) is 0 Å². The number of sulfonamides is 1. The van der Waals surface area contributed by atoms with Crippen molar-refractivity contribution in [3.8, 4) is 0 Å². The van der Waals surface area contributed by atoms with Crippen LogP contribution in [0.1, 0.15) is 20.3 Å². The Morgan fingerprint density at radius 2 is 2.07 bits per heavy atom. The Hall–Kier alpha value is -2.50. The van der Waals surface area contributed by atoms with Gasteiger partial charge in [0.1, 0.15) is 11.9 Å². The summed E-state index contributed by atoms with van der Waals surface area (Å²) in [5.41, 5.74) is -0.674. The van der Waals surface area contributed by atoms with Crippen molar-refractivity contribution >= 4 is 39.0 Å². The molecule has 12 heteroatoms. The summed E-state index contributed by atoms with van der Waals surface area (Å²) in [6.07, 6.45) is 1.61. The highest BCUT2D eigenvalue weighted by Gasteiger charge is 2.31. The maximum Gasteiger partial charge on any atom is 0.290 e. The van der Waals surface area contributed by atoms with Gasteiger partial charge in [0.25, 0.3) is 5.69 Å². The van der Waals surface area contributed by atoms with Gasteiger partial charge in [0.05, 0.1) is 11.1 Å². The monoisotopic (exact) mass is 415 g/mol. The lowest BCUT2D eigenvalue weighted by Crippen LogP contribution is -2.44. The van der Waals surface area contributed by atoms with Crippen LogP contribution >= 0.6 is 11.6 Å². The standard InChI is InChI=1S/C15H18ClN5O5S/c1-9(2)7-11(15(22)18-14-5-6-17-19-14)20-27(25,26)13-4-3-10(16)8-12(13)21(23)24/h3-6,8-9,11,20H,7H2,1-2H3,(H2,17,18,19,22). The fourth-order valence-electron chi connectivity index (χ4n) is 2.34. The van der Waals surface area contributed by atoms with Gasteiger partial charge < -0.3 is 5.32 Å². The van der Waals surface area contributed by atoms with Crippen LogP contribution in [0.15, 0.2) is 35.4 Å². The predicted octanol–water partition coefficient (Wildman–Crippen LogP) is 2.30. The van der Waals surface area contributed by atoms with Crippen molar-refractivity contribution in [3.05, 3.63) is 45.6 Å². The van der Waals surface area contributed by atoms with E-state index in [0.717, 1.165) is 12.1 Å². The molecule has 0 aliphatic rings. The first-order valence-electron chi connectivity index (χ1n) is 7.86. The Kier molecular flexibility index (Phi) is 6.52. The van der Waals surface area contributed by atoms with Gasteiger partial charge in [0.2, 0.25) is 15.9 Å². The number of amides is 1. The Morgan fingerprint density at radius 1 is 1.37 bits per heavy atom. The lowest BCUT2D eigenvalue weighted by atomic mass is 10.0. The second-order valence-corrected chi connectivity index (χ2v) is 8.25. The minimum absolute atomic E-state index is 0.0228. The molecule has 0 aliphatic heterocycles. The molecule has 1 aromatic carbocycles. The highest BCUT2D eigenvalue weighted by Crippen LogP contribution is 2.27. The highest BCUT2D eigenvalue weighted by molar-refractivity contribution is 7.89. The summed E-state index contributed by atoms with van der Waals surface area (Å²) in [5.74, 6) is -0.344. The van der Waals surface area contributed by atoms with Crippen molar-refractivity contribution in [3.63, 3.8) is 0 Å². The van der Waals surface area contributed by atoms with Gasteiger partial charge >= 0.3 is 0 Å². The molecule has 1 unspecified atom stereocenters. The third-order valence-corrected chi connectivity index (χ3v) is 5.24. The van der Waals surface area contributed by atoms with Gasteiger partial charge in [-0.1, -0.05) is 25.4 Å². The smallest absolute Gasteiger partial charge is 0.290 e. The topological polar surface area (TPSA) is 147 Å². The van der Waals surface area contributed by atoms with Gasteiger partial charge in [-0.25, -0.2) is 8.42 Å². The van der Waals surface area contributed by atoms with Crippen LogP contribution in [0, 0.1) is 16.0 Å². The van der Waals surface area contributed by atoms with Crippen molar-refractivity contribution in [2.45, 2.75) is 31.2 Å². The number of halogens is 1. The molecule has 2 aromatic rings. The van der Waals surface area contributed by atoms with E-state index in [-0.39, 0.29) is 17.4 Å². The van der Waals surface area contributed by atoms with Crippen LogP contribution in [-0.2, 0) is 14.8 Å². The van der Waals surface area contributed by atoms with E-state index in [9.17, 15) is 23.3 Å². The average Bonchev–Trinajstić information content (AvgIpc) is 3.06. The van der Waals surface area contributed by atoms with Crippen LogP contribution in [-0.4, -0.2) is 35.5 Å². The van der Waals surface area contributed by atoms with Gasteiger partial charge in [-0.2, -0.15) is 9.82 Å². The molecule has 2 rings (SSSR count). The van der Waals surface area contributed by atoms with Crippen molar-refractivity contribution in [2.75, 3.05) is 5.32 Å². The number of nitrogens with zero attached hydrogens (tertiary/aromatic N) is 2. The highest BCUT2D eigenvalue weighted by atomic mass is 35.5. The number of benzene rings is 1. The van der Waals surface area contributed by atoms with Crippen molar-refractivity contribution < 1.29 is 18.1 Å². The number of aromatic nitrogens is 2. The molecule has 10 nitrogen and oxygen atoms in total. The lowest BCUT2D eigenvalue weighted by molar-refractivity contribution is -0.387. The number of nitro groups is 1.